The Kier molecular flexibility index (Phi) is 5.74. The fraction of sp³-hybridized carbons (Fsp3) is 0.722. The Morgan fingerprint density at radius 3 is 2.87 bits per heavy atom. The lowest BCUT2D eigenvalue weighted by Crippen LogP contribution is -2.55. The molecule has 0 aromatic carbocycles. The van der Waals surface area contributed by atoms with Gasteiger partial charge in [0.05, 0.1) is 30.8 Å². The van der Waals surface area contributed by atoms with Crippen LogP contribution < -0.4 is 17.0 Å². The molecule has 3 N–H and O–H groups in total. The van der Waals surface area contributed by atoms with E-state index in [1.807, 2.05) is 0 Å². The number of hydrogen-bond donors (Lipinski definition) is 2. The summed E-state index contributed by atoms with van der Waals surface area (Å²) in [4.78, 5) is 37.6. The zero-order valence-corrected chi connectivity index (χ0v) is 18.3. The maximum Gasteiger partial charge on any atom is 0.475 e. The molecule has 3 fully saturated rings. The Hall–Kier alpha value is -1.82. The molecule has 0 radical (unpaired) electrons. The van der Waals surface area contributed by atoms with Crippen molar-refractivity contribution in [2.24, 2.45) is 17.6 Å². The quantitative estimate of drug-likeness (QED) is 0.446. The molecule has 13 heteroatoms. The van der Waals surface area contributed by atoms with Crippen LogP contribution in [0.3, 0.4) is 0 Å². The fourth-order valence-electron chi connectivity index (χ4n) is 3.84. The Labute approximate surface area is 177 Å². The monoisotopic (exact) mass is 459 g/mol. The molecule has 2 aliphatic heterocycles. The summed E-state index contributed by atoms with van der Waals surface area (Å²) in [6.07, 6.45) is -0.930. The number of nitrogens with two attached hydrogens (primary N) is 1. The molecule has 0 bridgehead atoms. The first kappa shape index (κ1) is 22.4. The van der Waals surface area contributed by atoms with E-state index in [-0.39, 0.29) is 37.1 Å². The molecule has 2 unspecified atom stereocenters. The van der Waals surface area contributed by atoms with Gasteiger partial charge in [-0.2, -0.15) is 0 Å². The SMILES string of the molecule is CC(C)OC(=O)C1CC1CO[P@@]1(=O)OC[C@H]2O[C@@H](n3ccc(=O)[nH]c3=O)[C@](C)(N)[C@@H]2O1. The Morgan fingerprint density at radius 1 is 1.45 bits per heavy atom. The third-order valence-electron chi connectivity index (χ3n) is 5.55. The Balaban J connectivity index is 1.41. The predicted molar refractivity (Wildman–Crippen MR) is 105 cm³/mol. The van der Waals surface area contributed by atoms with Crippen molar-refractivity contribution in [2.75, 3.05) is 13.2 Å². The highest BCUT2D eigenvalue weighted by Gasteiger charge is 2.59. The average molecular weight is 459 g/mol. The first-order valence-corrected chi connectivity index (χ1v) is 11.5. The van der Waals surface area contributed by atoms with Gasteiger partial charge in [0, 0.05) is 12.3 Å². The summed E-state index contributed by atoms with van der Waals surface area (Å²) in [5.74, 6) is -0.725. The summed E-state index contributed by atoms with van der Waals surface area (Å²) in [7, 11) is -3.96. The second kappa shape index (κ2) is 7.95. The third-order valence-corrected chi connectivity index (χ3v) is 6.97. The van der Waals surface area contributed by atoms with Crippen LogP contribution in [0.15, 0.2) is 21.9 Å². The molecule has 1 aromatic heterocycles. The van der Waals surface area contributed by atoms with Gasteiger partial charge in [-0.25, -0.2) is 9.36 Å². The number of aromatic amines is 1. The molecule has 0 amide bonds. The van der Waals surface area contributed by atoms with Gasteiger partial charge in [0.2, 0.25) is 0 Å². The number of fused-ring (bicyclic) bond motifs is 1. The molecule has 1 saturated carbocycles. The molecule has 12 nitrogen and oxygen atoms in total. The summed E-state index contributed by atoms with van der Waals surface area (Å²) >= 11 is 0. The van der Waals surface area contributed by atoms with Crippen molar-refractivity contribution in [3.05, 3.63) is 33.1 Å². The summed E-state index contributed by atoms with van der Waals surface area (Å²) in [6, 6.07) is 1.17. The molecule has 172 valence electrons. The largest absolute Gasteiger partial charge is 0.475 e. The third kappa shape index (κ3) is 4.41. The molecular formula is C18H26N3O9P. The minimum absolute atomic E-state index is 0.0114. The predicted octanol–water partition coefficient (Wildman–Crippen LogP) is 0.279. The lowest BCUT2D eigenvalue weighted by atomic mass is 9.93. The van der Waals surface area contributed by atoms with Gasteiger partial charge in [-0.05, 0) is 33.1 Å². The fourth-order valence-corrected chi connectivity index (χ4v) is 5.38. The van der Waals surface area contributed by atoms with E-state index in [2.05, 4.69) is 4.98 Å². The second-order valence-corrected chi connectivity index (χ2v) is 10.2. The number of nitrogens with zero attached hydrogens (tertiary/aromatic N) is 1. The number of H-pyrrole nitrogens is 1. The van der Waals surface area contributed by atoms with Gasteiger partial charge in [0.25, 0.3) is 5.56 Å². The van der Waals surface area contributed by atoms with Crippen molar-refractivity contribution < 1.29 is 32.4 Å². The van der Waals surface area contributed by atoms with Crippen molar-refractivity contribution in [1.29, 1.82) is 0 Å². The van der Waals surface area contributed by atoms with Gasteiger partial charge in [0.1, 0.15) is 12.2 Å². The lowest BCUT2D eigenvalue weighted by molar-refractivity contribution is -0.149. The minimum atomic E-state index is -3.96. The van der Waals surface area contributed by atoms with E-state index >= 15 is 0 Å². The van der Waals surface area contributed by atoms with E-state index in [0.29, 0.717) is 6.42 Å². The highest BCUT2D eigenvalue weighted by Crippen LogP contribution is 2.59. The zero-order valence-electron chi connectivity index (χ0n) is 17.4. The number of phosphoric acid groups is 1. The number of phosphoric ester groups is 1. The van der Waals surface area contributed by atoms with E-state index in [1.54, 1.807) is 20.8 Å². The van der Waals surface area contributed by atoms with Crippen molar-refractivity contribution in [1.82, 2.24) is 9.55 Å². The van der Waals surface area contributed by atoms with Gasteiger partial charge in [-0.3, -0.25) is 32.7 Å². The number of carbonyl (C=O) groups is 1. The highest BCUT2D eigenvalue weighted by molar-refractivity contribution is 7.48. The summed E-state index contributed by atoms with van der Waals surface area (Å²) < 4.78 is 41.5. The highest BCUT2D eigenvalue weighted by atomic mass is 31.2. The Morgan fingerprint density at radius 2 is 2.19 bits per heavy atom. The number of aromatic nitrogens is 2. The molecule has 3 heterocycles. The molecule has 2 saturated heterocycles. The van der Waals surface area contributed by atoms with Gasteiger partial charge >= 0.3 is 19.5 Å². The second-order valence-electron chi connectivity index (χ2n) is 8.56. The van der Waals surface area contributed by atoms with E-state index in [4.69, 9.17) is 28.8 Å². The number of ether oxygens (including phenoxy) is 2. The lowest BCUT2D eigenvalue weighted by Gasteiger charge is -2.35. The molecule has 7 atom stereocenters. The number of esters is 1. The average Bonchev–Trinajstić information content (AvgIpc) is 3.41. The first-order valence-electron chi connectivity index (χ1n) is 10.0. The van der Waals surface area contributed by atoms with Gasteiger partial charge < -0.3 is 15.2 Å². The molecule has 0 spiro atoms. The van der Waals surface area contributed by atoms with Gasteiger partial charge in [-0.1, -0.05) is 0 Å². The van der Waals surface area contributed by atoms with Crippen LogP contribution in [-0.2, 0) is 32.4 Å². The standard InChI is InChI=1S/C18H26N3O9P/c1-9(2)28-15(23)11-6-10(11)7-26-31(25)27-8-12-14(30-31)18(3,19)16(29-12)21-5-4-13(22)20-17(21)24/h4-5,9-12,14,16H,6-8,19H2,1-3H3,(H,20,22,24)/t10?,11?,12-,14-,16-,18-,31+/m1/s1. The van der Waals surface area contributed by atoms with E-state index in [1.165, 1.54) is 12.3 Å². The smallest absolute Gasteiger partial charge is 0.463 e. The first-order chi connectivity index (χ1) is 14.5. The maximum atomic E-state index is 13.0. The minimum Gasteiger partial charge on any atom is -0.463 e. The van der Waals surface area contributed by atoms with Crippen LogP contribution in [0.5, 0.6) is 0 Å². The summed E-state index contributed by atoms with van der Waals surface area (Å²) in [5.41, 5.74) is 3.89. The van der Waals surface area contributed by atoms with Crippen molar-refractivity contribution in [3.63, 3.8) is 0 Å². The molecule has 3 aliphatic rings. The summed E-state index contributed by atoms with van der Waals surface area (Å²) in [6.45, 7) is 5.02. The molecular weight excluding hydrogens is 433 g/mol. The molecule has 1 aliphatic carbocycles. The molecule has 4 rings (SSSR count). The van der Waals surface area contributed by atoms with Crippen molar-refractivity contribution >= 4 is 13.8 Å². The number of carbonyl (C=O) groups excluding carboxylic acids is 1. The van der Waals surface area contributed by atoms with Gasteiger partial charge in [0.15, 0.2) is 6.23 Å². The van der Waals surface area contributed by atoms with Crippen LogP contribution in [0.4, 0.5) is 0 Å². The normalized spacial score (nSPS) is 39.3. The molecule has 31 heavy (non-hydrogen) atoms. The molecule has 1 aromatic rings. The van der Waals surface area contributed by atoms with Gasteiger partial charge in [-0.15, -0.1) is 0 Å². The number of hydrogen-bond acceptors (Lipinski definition) is 10. The van der Waals surface area contributed by atoms with E-state index in [0.717, 1.165) is 4.57 Å². The van der Waals surface area contributed by atoms with E-state index < -0.39 is 43.0 Å². The Bertz CT molecular complexity index is 1020. The van der Waals surface area contributed by atoms with Crippen LogP contribution in [0.25, 0.3) is 0 Å². The summed E-state index contributed by atoms with van der Waals surface area (Å²) in [5, 5.41) is 0. The van der Waals surface area contributed by atoms with Crippen LogP contribution in [-0.4, -0.2) is 52.6 Å². The van der Waals surface area contributed by atoms with Crippen molar-refractivity contribution in [2.45, 2.75) is 57.3 Å². The maximum absolute atomic E-state index is 13.0. The van der Waals surface area contributed by atoms with Crippen LogP contribution in [0.1, 0.15) is 33.4 Å². The topological polar surface area (TPSA) is 161 Å². The van der Waals surface area contributed by atoms with Crippen LogP contribution >= 0.6 is 7.82 Å². The van der Waals surface area contributed by atoms with Crippen LogP contribution in [0, 0.1) is 11.8 Å². The number of nitrogens with one attached hydrogen (secondary N) is 1. The van der Waals surface area contributed by atoms with Crippen LogP contribution in [0.2, 0.25) is 0 Å². The van der Waals surface area contributed by atoms with E-state index in [9.17, 15) is 18.9 Å². The number of rotatable bonds is 6. The van der Waals surface area contributed by atoms with Crippen molar-refractivity contribution in [3.8, 4) is 0 Å². The zero-order chi connectivity index (χ0) is 22.6.